The lowest BCUT2D eigenvalue weighted by Crippen LogP contribution is -2.39. The molecule has 38 heavy (non-hydrogen) atoms. The Hall–Kier alpha value is -3.66. The molecule has 0 radical (unpaired) electrons. The Morgan fingerprint density at radius 1 is 0.789 bits per heavy atom. The number of halogens is 1. The first-order valence-corrected chi connectivity index (χ1v) is 12.6. The van der Waals surface area contributed by atoms with E-state index in [9.17, 15) is 10.2 Å². The average Bonchev–Trinajstić information content (AvgIpc) is 3.52. The van der Waals surface area contributed by atoms with Crippen LogP contribution in [0.3, 0.4) is 0 Å². The van der Waals surface area contributed by atoms with Gasteiger partial charge in [0.05, 0.1) is 12.9 Å². The smallest absolute Gasteiger partial charge is 0.167 e. The summed E-state index contributed by atoms with van der Waals surface area (Å²) in [5.74, 6) is 0. The van der Waals surface area contributed by atoms with Crippen LogP contribution in [0.4, 0.5) is 0 Å². The first-order chi connectivity index (χ1) is 18.6. The van der Waals surface area contributed by atoms with E-state index < -0.39 is 30.1 Å². The fraction of sp³-hybridized carbons (Fsp3) is 0.207. The van der Waals surface area contributed by atoms with E-state index in [4.69, 9.17) is 21.1 Å². The van der Waals surface area contributed by atoms with Crippen LogP contribution in [0.5, 0.6) is 0 Å². The lowest BCUT2D eigenvalue weighted by molar-refractivity contribution is -0.0942. The summed E-state index contributed by atoms with van der Waals surface area (Å²) in [7, 11) is 0. The maximum Gasteiger partial charge on any atom is 0.167 e. The second-order valence-electron chi connectivity index (χ2n) is 9.13. The molecule has 192 valence electrons. The molecular formula is C29H25ClN4O4. The van der Waals surface area contributed by atoms with Crippen molar-refractivity contribution in [1.29, 1.82) is 0 Å². The zero-order valence-corrected chi connectivity index (χ0v) is 21.0. The van der Waals surface area contributed by atoms with Gasteiger partial charge < -0.3 is 19.7 Å². The third-order valence-corrected chi connectivity index (χ3v) is 7.21. The zero-order chi connectivity index (χ0) is 26.1. The fourth-order valence-electron chi connectivity index (χ4n) is 5.08. The number of imidazole rings is 1. The van der Waals surface area contributed by atoms with Crippen LogP contribution in [0, 0.1) is 0 Å². The topological polar surface area (TPSA) is 103 Å². The summed E-state index contributed by atoms with van der Waals surface area (Å²) in [6, 6.07) is 29.8. The molecule has 0 amide bonds. The normalized spacial score (nSPS) is 21.7. The predicted octanol–water partition coefficient (Wildman–Crippen LogP) is 4.11. The highest BCUT2D eigenvalue weighted by molar-refractivity contribution is 6.33. The third kappa shape index (κ3) is 4.16. The minimum Gasteiger partial charge on any atom is -0.387 e. The second kappa shape index (κ2) is 10.2. The lowest BCUT2D eigenvalue weighted by Gasteiger charge is -2.37. The number of aliphatic hydroxyl groups excluding tert-OH is 2. The van der Waals surface area contributed by atoms with Crippen molar-refractivity contribution in [2.75, 3.05) is 6.61 Å². The molecule has 1 saturated heterocycles. The highest BCUT2D eigenvalue weighted by atomic mass is 35.5. The summed E-state index contributed by atoms with van der Waals surface area (Å²) >= 11 is 6.15. The fourth-order valence-corrected chi connectivity index (χ4v) is 5.26. The number of fused-ring (bicyclic) bond motifs is 1. The lowest BCUT2D eigenvalue weighted by atomic mass is 9.80. The number of nitrogens with zero attached hydrogens (tertiary/aromatic N) is 4. The Balaban J connectivity index is 1.36. The monoisotopic (exact) mass is 528 g/mol. The molecule has 1 unspecified atom stereocenters. The van der Waals surface area contributed by atoms with Crippen molar-refractivity contribution in [3.63, 3.8) is 0 Å². The molecule has 3 heterocycles. The van der Waals surface area contributed by atoms with Crippen molar-refractivity contribution in [1.82, 2.24) is 19.5 Å². The quantitative estimate of drug-likeness (QED) is 0.242. The molecule has 3 aromatic carbocycles. The van der Waals surface area contributed by atoms with Gasteiger partial charge in [-0.1, -0.05) is 103 Å². The van der Waals surface area contributed by atoms with Crippen molar-refractivity contribution in [3.8, 4) is 0 Å². The van der Waals surface area contributed by atoms with E-state index >= 15 is 0 Å². The Bertz CT molecular complexity index is 1420. The molecule has 2 aromatic heterocycles. The molecule has 5 aromatic rings. The van der Waals surface area contributed by atoms with E-state index in [0.29, 0.717) is 11.2 Å². The van der Waals surface area contributed by atoms with Crippen molar-refractivity contribution in [2.24, 2.45) is 0 Å². The van der Waals surface area contributed by atoms with Crippen molar-refractivity contribution < 1.29 is 19.7 Å². The Morgan fingerprint density at radius 3 is 1.89 bits per heavy atom. The van der Waals surface area contributed by atoms with E-state index in [-0.39, 0.29) is 11.8 Å². The van der Waals surface area contributed by atoms with Crippen molar-refractivity contribution in [2.45, 2.75) is 30.1 Å². The molecule has 0 saturated carbocycles. The van der Waals surface area contributed by atoms with Crippen LogP contribution in [0.1, 0.15) is 22.9 Å². The van der Waals surface area contributed by atoms with Gasteiger partial charge in [0.25, 0.3) is 0 Å². The van der Waals surface area contributed by atoms with Gasteiger partial charge in [-0.2, -0.15) is 0 Å². The Kier molecular flexibility index (Phi) is 6.65. The van der Waals surface area contributed by atoms with E-state index in [1.807, 2.05) is 91.0 Å². The van der Waals surface area contributed by atoms with Gasteiger partial charge in [0.1, 0.15) is 35.8 Å². The number of hydrogen-bond donors (Lipinski definition) is 2. The van der Waals surface area contributed by atoms with E-state index in [2.05, 4.69) is 15.0 Å². The molecule has 6 rings (SSSR count). The predicted molar refractivity (Wildman–Crippen MR) is 141 cm³/mol. The number of aromatic nitrogens is 4. The number of benzene rings is 3. The molecule has 9 heteroatoms. The minimum atomic E-state index is -1.24. The van der Waals surface area contributed by atoms with Gasteiger partial charge in [0.15, 0.2) is 17.0 Å². The van der Waals surface area contributed by atoms with E-state index in [0.717, 1.165) is 16.7 Å². The summed E-state index contributed by atoms with van der Waals surface area (Å²) in [6.45, 7) is -0.00419. The largest absolute Gasteiger partial charge is 0.387 e. The SMILES string of the molecule is O[C@@H]1[C@H](O)C(COC(c2ccccc2)(c2ccccc2)c2ccccc2)O[C@H]1n1cnc2c(Cl)ncnc21. The van der Waals surface area contributed by atoms with Crippen LogP contribution in [0.15, 0.2) is 104 Å². The summed E-state index contributed by atoms with van der Waals surface area (Å²) in [4.78, 5) is 12.4. The van der Waals surface area contributed by atoms with Crippen LogP contribution in [0.25, 0.3) is 11.2 Å². The molecular weight excluding hydrogens is 504 g/mol. The van der Waals surface area contributed by atoms with Gasteiger partial charge in [-0.15, -0.1) is 0 Å². The first kappa shape index (κ1) is 24.7. The van der Waals surface area contributed by atoms with Gasteiger partial charge in [0, 0.05) is 0 Å². The van der Waals surface area contributed by atoms with Crippen molar-refractivity contribution >= 4 is 22.8 Å². The maximum atomic E-state index is 11.0. The standard InChI is InChI=1S/C29H25ClN4O4/c30-26-23-27(32-17-31-26)34(18-33-23)28-25(36)24(35)22(38-28)16-37-29(19-10-4-1-5-11-19,20-12-6-2-7-13-20)21-14-8-3-9-15-21/h1-15,17-18,22,24-25,28,35-36H,16H2/t22?,24-,25-,28-/m1/s1. The second-order valence-corrected chi connectivity index (χ2v) is 9.48. The van der Waals surface area contributed by atoms with Crippen LogP contribution >= 0.6 is 11.6 Å². The molecule has 2 N–H and O–H groups in total. The molecule has 0 bridgehead atoms. The van der Waals surface area contributed by atoms with Gasteiger partial charge in [-0.25, -0.2) is 15.0 Å². The molecule has 0 aliphatic carbocycles. The highest BCUT2D eigenvalue weighted by Gasteiger charge is 2.46. The minimum absolute atomic E-state index is 0.00419. The van der Waals surface area contributed by atoms with Crippen LogP contribution < -0.4 is 0 Å². The molecule has 1 fully saturated rings. The molecule has 0 spiro atoms. The third-order valence-electron chi connectivity index (χ3n) is 6.93. The molecule has 1 aliphatic heterocycles. The summed E-state index contributed by atoms with van der Waals surface area (Å²) in [5, 5.41) is 22.2. The number of rotatable bonds is 7. The van der Waals surface area contributed by atoms with E-state index in [1.165, 1.54) is 12.7 Å². The number of hydrogen-bond acceptors (Lipinski definition) is 7. The molecule has 4 atom stereocenters. The van der Waals surface area contributed by atoms with E-state index in [1.54, 1.807) is 4.57 Å². The van der Waals surface area contributed by atoms with Crippen LogP contribution in [-0.2, 0) is 15.1 Å². The van der Waals surface area contributed by atoms with Crippen molar-refractivity contribution in [3.05, 3.63) is 125 Å². The average molecular weight is 529 g/mol. The maximum absolute atomic E-state index is 11.0. The van der Waals surface area contributed by atoms with Gasteiger partial charge >= 0.3 is 0 Å². The van der Waals surface area contributed by atoms with Gasteiger partial charge in [-0.05, 0) is 16.7 Å². The zero-order valence-electron chi connectivity index (χ0n) is 20.2. The summed E-state index contributed by atoms with van der Waals surface area (Å²) in [6.07, 6.45) is -1.44. The highest BCUT2D eigenvalue weighted by Crippen LogP contribution is 2.42. The van der Waals surface area contributed by atoms with Crippen LogP contribution in [-0.4, -0.2) is 54.7 Å². The Morgan fingerprint density at radius 2 is 1.34 bits per heavy atom. The van der Waals surface area contributed by atoms with Crippen LogP contribution in [0.2, 0.25) is 5.15 Å². The van der Waals surface area contributed by atoms with Gasteiger partial charge in [-0.3, -0.25) is 4.57 Å². The Labute approximate surface area is 224 Å². The van der Waals surface area contributed by atoms with Gasteiger partial charge in [0.2, 0.25) is 0 Å². The summed E-state index contributed by atoms with van der Waals surface area (Å²) in [5.41, 5.74) is 2.57. The first-order valence-electron chi connectivity index (χ1n) is 12.2. The molecule has 8 nitrogen and oxygen atoms in total. The summed E-state index contributed by atoms with van der Waals surface area (Å²) < 4.78 is 14.5. The molecule has 1 aliphatic rings. The number of aliphatic hydroxyl groups is 2. The number of ether oxygens (including phenoxy) is 2.